The van der Waals surface area contributed by atoms with Crippen molar-refractivity contribution in [3.63, 3.8) is 0 Å². The lowest BCUT2D eigenvalue weighted by Gasteiger charge is -2.25. The topological polar surface area (TPSA) is 39.4 Å². The Morgan fingerprint density at radius 2 is 2.24 bits per heavy atom. The van der Waals surface area contributed by atoms with E-state index in [9.17, 15) is 0 Å². The van der Waals surface area contributed by atoms with E-state index >= 15 is 0 Å². The van der Waals surface area contributed by atoms with E-state index in [1.54, 1.807) is 0 Å². The molecule has 0 bridgehead atoms. The van der Waals surface area contributed by atoms with Crippen LogP contribution in [0.2, 0.25) is 0 Å². The summed E-state index contributed by atoms with van der Waals surface area (Å²) in [5.41, 5.74) is 2.85. The second-order valence-electron chi connectivity index (χ2n) is 5.58. The maximum absolute atomic E-state index is 9.00. The predicted molar refractivity (Wildman–Crippen MR) is 91.1 cm³/mol. The van der Waals surface area contributed by atoms with E-state index in [4.69, 9.17) is 10.3 Å². The van der Waals surface area contributed by atoms with Gasteiger partial charge in [0.2, 0.25) is 0 Å². The van der Waals surface area contributed by atoms with Gasteiger partial charge < -0.3 is 4.90 Å². The molecule has 1 aliphatic rings. The number of nitriles is 1. The van der Waals surface area contributed by atoms with Crippen molar-refractivity contribution in [1.29, 1.82) is 5.26 Å². The molecular weight excluding hydrogens is 278 g/mol. The minimum atomic E-state index is 0.571. The number of aryl methyl sites for hydroxylation is 1. The maximum Gasteiger partial charge on any atom is 0.164 e. The van der Waals surface area contributed by atoms with Crippen LogP contribution in [0.25, 0.3) is 0 Å². The van der Waals surface area contributed by atoms with Crippen molar-refractivity contribution >= 4 is 22.6 Å². The highest BCUT2D eigenvalue weighted by Crippen LogP contribution is 2.31. The molecule has 112 valence electrons. The van der Waals surface area contributed by atoms with Crippen molar-refractivity contribution < 1.29 is 0 Å². The lowest BCUT2D eigenvalue weighted by atomic mass is 10.0. The van der Waals surface area contributed by atoms with Crippen LogP contribution < -0.4 is 0 Å². The van der Waals surface area contributed by atoms with Gasteiger partial charge in [0.25, 0.3) is 0 Å². The van der Waals surface area contributed by atoms with Crippen molar-refractivity contribution in [3.05, 3.63) is 29.3 Å². The standard InChI is InChI=1S/C17H23N3S/c1-5-12(3)16-11-21-17(20(16)4)19-15-8-7-13(10-18)9-14(15)6-2/h7-9,12,16H,5-6,11H2,1-4H3/t12?,16-/m1/s1. The molecule has 0 radical (unpaired) electrons. The molecule has 1 heterocycles. The number of thioether (sulfide) groups is 1. The first-order valence-electron chi connectivity index (χ1n) is 7.58. The van der Waals surface area contributed by atoms with Crippen molar-refractivity contribution in [2.45, 2.75) is 39.7 Å². The van der Waals surface area contributed by atoms with Gasteiger partial charge in [0.15, 0.2) is 5.17 Å². The molecule has 1 aliphatic heterocycles. The summed E-state index contributed by atoms with van der Waals surface area (Å²) in [5.74, 6) is 1.80. The second-order valence-corrected chi connectivity index (χ2v) is 6.57. The van der Waals surface area contributed by atoms with E-state index in [1.807, 2.05) is 30.0 Å². The first kappa shape index (κ1) is 15.9. The fraction of sp³-hybridized carbons (Fsp3) is 0.529. The Morgan fingerprint density at radius 3 is 2.86 bits per heavy atom. The Hall–Kier alpha value is -1.47. The van der Waals surface area contributed by atoms with Crippen LogP contribution in [0, 0.1) is 17.2 Å². The number of aliphatic imine (C=N–C) groups is 1. The van der Waals surface area contributed by atoms with Gasteiger partial charge in [0.1, 0.15) is 0 Å². The Labute approximate surface area is 132 Å². The number of hydrogen-bond acceptors (Lipinski definition) is 3. The van der Waals surface area contributed by atoms with Crippen LogP contribution in [-0.2, 0) is 6.42 Å². The number of rotatable bonds is 4. The molecule has 1 aromatic rings. The summed E-state index contributed by atoms with van der Waals surface area (Å²) in [6, 6.07) is 8.54. The molecule has 0 saturated carbocycles. The fourth-order valence-corrected chi connectivity index (χ4v) is 3.97. The van der Waals surface area contributed by atoms with Gasteiger partial charge in [-0.15, -0.1) is 0 Å². The van der Waals surface area contributed by atoms with E-state index < -0.39 is 0 Å². The number of nitrogens with zero attached hydrogens (tertiary/aromatic N) is 3. The summed E-state index contributed by atoms with van der Waals surface area (Å²) in [7, 11) is 2.14. The maximum atomic E-state index is 9.00. The van der Waals surface area contributed by atoms with Crippen LogP contribution >= 0.6 is 11.8 Å². The van der Waals surface area contributed by atoms with E-state index in [-0.39, 0.29) is 0 Å². The first-order valence-corrected chi connectivity index (χ1v) is 8.56. The minimum absolute atomic E-state index is 0.571. The fourth-order valence-electron chi connectivity index (χ4n) is 2.59. The van der Waals surface area contributed by atoms with Gasteiger partial charge in [0, 0.05) is 18.8 Å². The highest BCUT2D eigenvalue weighted by Gasteiger charge is 2.30. The zero-order valence-electron chi connectivity index (χ0n) is 13.3. The Kier molecular flexibility index (Phi) is 5.30. The third kappa shape index (κ3) is 3.41. The summed E-state index contributed by atoms with van der Waals surface area (Å²) >= 11 is 1.84. The Morgan fingerprint density at radius 1 is 1.48 bits per heavy atom. The number of hydrogen-bond donors (Lipinski definition) is 0. The monoisotopic (exact) mass is 301 g/mol. The second kappa shape index (κ2) is 7.00. The van der Waals surface area contributed by atoms with Crippen molar-refractivity contribution in [2.24, 2.45) is 10.9 Å². The molecule has 0 aromatic heterocycles. The summed E-state index contributed by atoms with van der Waals surface area (Å²) in [5, 5.41) is 10.1. The van der Waals surface area contributed by atoms with Crippen LogP contribution in [0.3, 0.4) is 0 Å². The first-order chi connectivity index (χ1) is 10.1. The van der Waals surface area contributed by atoms with Crippen LogP contribution in [0.15, 0.2) is 23.2 Å². The van der Waals surface area contributed by atoms with Crippen LogP contribution in [0.5, 0.6) is 0 Å². The third-order valence-corrected chi connectivity index (χ3v) is 5.43. The van der Waals surface area contributed by atoms with Crippen LogP contribution in [0.1, 0.15) is 38.3 Å². The number of benzene rings is 1. The van der Waals surface area contributed by atoms with E-state index in [0.717, 1.165) is 28.6 Å². The van der Waals surface area contributed by atoms with Gasteiger partial charge >= 0.3 is 0 Å². The Balaban J connectivity index is 2.27. The van der Waals surface area contributed by atoms with Crippen LogP contribution in [-0.4, -0.2) is 28.9 Å². The molecule has 3 nitrogen and oxygen atoms in total. The van der Waals surface area contributed by atoms with Crippen molar-refractivity contribution in [1.82, 2.24) is 4.90 Å². The molecule has 0 aliphatic carbocycles. The minimum Gasteiger partial charge on any atom is -0.350 e. The molecule has 2 atom stereocenters. The van der Waals surface area contributed by atoms with Gasteiger partial charge in [-0.3, -0.25) is 0 Å². The number of amidine groups is 1. The van der Waals surface area contributed by atoms with Gasteiger partial charge in [-0.05, 0) is 36.1 Å². The molecule has 1 saturated heterocycles. The zero-order valence-corrected chi connectivity index (χ0v) is 14.1. The highest BCUT2D eigenvalue weighted by atomic mass is 32.2. The molecule has 1 aromatic carbocycles. The lowest BCUT2D eigenvalue weighted by Crippen LogP contribution is -2.34. The van der Waals surface area contributed by atoms with Gasteiger partial charge in [-0.1, -0.05) is 39.0 Å². The molecule has 2 rings (SSSR count). The SMILES string of the molecule is CCc1cc(C#N)ccc1N=C1SC[C@H](C(C)CC)N1C. The average Bonchev–Trinajstić information content (AvgIpc) is 2.88. The van der Waals surface area contributed by atoms with E-state index in [1.165, 1.54) is 6.42 Å². The van der Waals surface area contributed by atoms with Crippen molar-refractivity contribution in [2.75, 3.05) is 12.8 Å². The molecule has 1 fully saturated rings. The molecule has 1 unspecified atom stereocenters. The van der Waals surface area contributed by atoms with Gasteiger partial charge in [-0.2, -0.15) is 5.26 Å². The molecule has 0 amide bonds. The third-order valence-electron chi connectivity index (χ3n) is 4.29. The van der Waals surface area contributed by atoms with Crippen LogP contribution in [0.4, 0.5) is 5.69 Å². The zero-order chi connectivity index (χ0) is 15.4. The van der Waals surface area contributed by atoms with Crippen molar-refractivity contribution in [3.8, 4) is 6.07 Å². The summed E-state index contributed by atoms with van der Waals surface area (Å²) in [4.78, 5) is 7.16. The summed E-state index contributed by atoms with van der Waals surface area (Å²) in [6.45, 7) is 6.66. The van der Waals surface area contributed by atoms with Gasteiger partial charge in [0.05, 0.1) is 17.3 Å². The summed E-state index contributed by atoms with van der Waals surface area (Å²) in [6.07, 6.45) is 2.09. The Bertz CT molecular complexity index is 574. The normalized spacial score (nSPS) is 21.6. The smallest absolute Gasteiger partial charge is 0.164 e. The molecule has 21 heavy (non-hydrogen) atoms. The molecular formula is C17H23N3S. The largest absolute Gasteiger partial charge is 0.350 e. The highest BCUT2D eigenvalue weighted by molar-refractivity contribution is 8.14. The quantitative estimate of drug-likeness (QED) is 0.836. The lowest BCUT2D eigenvalue weighted by molar-refractivity contribution is 0.304. The predicted octanol–water partition coefficient (Wildman–Crippen LogP) is 4.20. The van der Waals surface area contributed by atoms with E-state index in [0.29, 0.717) is 17.5 Å². The summed E-state index contributed by atoms with van der Waals surface area (Å²) < 4.78 is 0. The molecule has 0 N–H and O–H groups in total. The van der Waals surface area contributed by atoms with Gasteiger partial charge in [-0.25, -0.2) is 4.99 Å². The average molecular weight is 301 g/mol. The molecule has 4 heteroatoms. The van der Waals surface area contributed by atoms with E-state index in [2.05, 4.69) is 38.8 Å². The molecule has 0 spiro atoms.